The topological polar surface area (TPSA) is 52.3 Å². The number of benzene rings is 1. The first kappa shape index (κ1) is 11.3. The summed E-state index contributed by atoms with van der Waals surface area (Å²) in [5.74, 6) is -2.55. The quantitative estimate of drug-likeness (QED) is 0.755. The standard InChI is InChI=1S/C11H7F2NO3/c1-16-11(15)9-8(13)10(17-14-9)6-2-4-7(12)5-3-6/h2-5H,1H3. The third-order valence-corrected chi connectivity index (χ3v) is 2.12. The van der Waals surface area contributed by atoms with Crippen molar-refractivity contribution in [1.29, 1.82) is 0 Å². The van der Waals surface area contributed by atoms with Crippen molar-refractivity contribution in [3.05, 3.63) is 41.6 Å². The highest BCUT2D eigenvalue weighted by atomic mass is 19.1. The summed E-state index contributed by atoms with van der Waals surface area (Å²) in [5, 5.41) is 3.27. The first-order valence-electron chi connectivity index (χ1n) is 4.63. The zero-order chi connectivity index (χ0) is 12.4. The Balaban J connectivity index is 2.44. The van der Waals surface area contributed by atoms with Crippen LogP contribution in [-0.2, 0) is 4.74 Å². The van der Waals surface area contributed by atoms with Gasteiger partial charge in [0.25, 0.3) is 0 Å². The average molecular weight is 239 g/mol. The van der Waals surface area contributed by atoms with E-state index in [1.807, 2.05) is 0 Å². The van der Waals surface area contributed by atoms with Gasteiger partial charge in [0, 0.05) is 5.56 Å². The van der Waals surface area contributed by atoms with Gasteiger partial charge >= 0.3 is 5.97 Å². The van der Waals surface area contributed by atoms with Crippen LogP contribution in [0.5, 0.6) is 0 Å². The van der Waals surface area contributed by atoms with E-state index in [0.29, 0.717) is 0 Å². The lowest BCUT2D eigenvalue weighted by Crippen LogP contribution is -2.03. The Morgan fingerprint density at radius 1 is 1.29 bits per heavy atom. The predicted octanol–water partition coefficient (Wildman–Crippen LogP) is 2.41. The minimum Gasteiger partial charge on any atom is -0.464 e. The minimum atomic E-state index is -0.931. The second-order valence-electron chi connectivity index (χ2n) is 3.17. The maximum Gasteiger partial charge on any atom is 0.363 e. The van der Waals surface area contributed by atoms with Gasteiger partial charge in [-0.1, -0.05) is 5.16 Å². The van der Waals surface area contributed by atoms with E-state index in [0.717, 1.165) is 19.2 Å². The highest BCUT2D eigenvalue weighted by Gasteiger charge is 2.23. The molecule has 1 aromatic carbocycles. The number of ether oxygens (including phenoxy) is 1. The molecule has 0 atom stereocenters. The molecule has 1 heterocycles. The molecule has 0 N–H and O–H groups in total. The van der Waals surface area contributed by atoms with Gasteiger partial charge in [-0.3, -0.25) is 0 Å². The number of hydrogen-bond donors (Lipinski definition) is 0. The van der Waals surface area contributed by atoms with Gasteiger partial charge in [-0.15, -0.1) is 0 Å². The summed E-state index contributed by atoms with van der Waals surface area (Å²) in [4.78, 5) is 11.1. The minimum absolute atomic E-state index is 0.231. The predicted molar refractivity (Wildman–Crippen MR) is 53.2 cm³/mol. The summed E-state index contributed by atoms with van der Waals surface area (Å²) in [6.07, 6.45) is 0. The van der Waals surface area contributed by atoms with Crippen LogP contribution in [-0.4, -0.2) is 18.2 Å². The molecule has 0 radical (unpaired) electrons. The summed E-state index contributed by atoms with van der Waals surface area (Å²) in [7, 11) is 1.11. The molecule has 4 nitrogen and oxygen atoms in total. The van der Waals surface area contributed by atoms with Gasteiger partial charge in [-0.2, -0.15) is 4.39 Å². The third-order valence-electron chi connectivity index (χ3n) is 2.12. The highest BCUT2D eigenvalue weighted by Crippen LogP contribution is 2.25. The Bertz CT molecular complexity index is 548. The van der Waals surface area contributed by atoms with E-state index in [1.54, 1.807) is 0 Å². The Morgan fingerprint density at radius 3 is 2.53 bits per heavy atom. The molecule has 0 saturated carbocycles. The maximum absolute atomic E-state index is 13.7. The van der Waals surface area contributed by atoms with Gasteiger partial charge in [-0.05, 0) is 24.3 Å². The largest absolute Gasteiger partial charge is 0.464 e. The second-order valence-corrected chi connectivity index (χ2v) is 3.17. The molecular formula is C11H7F2NO3. The Hall–Kier alpha value is -2.24. The molecule has 0 amide bonds. The van der Waals surface area contributed by atoms with Gasteiger partial charge in [0.2, 0.25) is 17.3 Å². The van der Waals surface area contributed by atoms with Crippen molar-refractivity contribution in [3.8, 4) is 11.3 Å². The molecule has 0 unspecified atom stereocenters. The van der Waals surface area contributed by atoms with Crippen LogP contribution < -0.4 is 0 Å². The van der Waals surface area contributed by atoms with Crippen molar-refractivity contribution in [1.82, 2.24) is 5.16 Å². The molecule has 6 heteroatoms. The van der Waals surface area contributed by atoms with Crippen molar-refractivity contribution in [2.75, 3.05) is 7.11 Å². The van der Waals surface area contributed by atoms with Gasteiger partial charge in [0.05, 0.1) is 7.11 Å². The third kappa shape index (κ3) is 2.01. The summed E-state index contributed by atoms with van der Waals surface area (Å²) in [6, 6.07) is 4.93. The molecule has 17 heavy (non-hydrogen) atoms. The molecule has 2 aromatic rings. The normalized spacial score (nSPS) is 10.3. The summed E-state index contributed by atoms with van der Waals surface area (Å²) in [6.45, 7) is 0. The molecule has 1 aromatic heterocycles. The molecule has 0 bridgehead atoms. The highest BCUT2D eigenvalue weighted by molar-refractivity contribution is 5.88. The summed E-state index contributed by atoms with van der Waals surface area (Å²) >= 11 is 0. The molecule has 2 rings (SSSR count). The van der Waals surface area contributed by atoms with E-state index in [1.165, 1.54) is 12.1 Å². The zero-order valence-electron chi connectivity index (χ0n) is 8.74. The molecule has 0 aliphatic carbocycles. The number of aromatic nitrogens is 1. The number of carbonyl (C=O) groups is 1. The van der Waals surface area contributed by atoms with Crippen LogP contribution in [0.15, 0.2) is 28.8 Å². The molecule has 0 spiro atoms. The number of rotatable bonds is 2. The first-order chi connectivity index (χ1) is 8.13. The van der Waals surface area contributed by atoms with Gasteiger partial charge in [-0.25, -0.2) is 9.18 Å². The molecule has 0 aliphatic heterocycles. The number of carbonyl (C=O) groups excluding carboxylic acids is 1. The van der Waals surface area contributed by atoms with Crippen LogP contribution in [0.2, 0.25) is 0 Å². The van der Waals surface area contributed by atoms with Crippen molar-refractivity contribution in [3.63, 3.8) is 0 Å². The fourth-order valence-electron chi connectivity index (χ4n) is 1.28. The number of esters is 1. The van der Waals surface area contributed by atoms with Crippen LogP contribution in [0.25, 0.3) is 11.3 Å². The van der Waals surface area contributed by atoms with Crippen molar-refractivity contribution < 1.29 is 22.8 Å². The van der Waals surface area contributed by atoms with E-state index in [-0.39, 0.29) is 11.3 Å². The maximum atomic E-state index is 13.7. The lowest BCUT2D eigenvalue weighted by molar-refractivity contribution is 0.0584. The second kappa shape index (κ2) is 4.32. The van der Waals surface area contributed by atoms with Gasteiger partial charge in [0.15, 0.2) is 0 Å². The van der Waals surface area contributed by atoms with Gasteiger partial charge in [0.1, 0.15) is 5.82 Å². The van der Waals surface area contributed by atoms with Crippen molar-refractivity contribution in [2.24, 2.45) is 0 Å². The number of halogens is 2. The van der Waals surface area contributed by atoms with E-state index >= 15 is 0 Å². The van der Waals surface area contributed by atoms with Crippen LogP contribution in [0.3, 0.4) is 0 Å². The molecular weight excluding hydrogens is 232 g/mol. The monoisotopic (exact) mass is 239 g/mol. The summed E-state index contributed by atoms with van der Waals surface area (Å²) < 4.78 is 35.4. The Labute approximate surface area is 94.8 Å². The zero-order valence-corrected chi connectivity index (χ0v) is 8.74. The Kier molecular flexibility index (Phi) is 2.86. The molecule has 0 saturated heterocycles. The molecule has 0 fully saturated rings. The first-order valence-corrected chi connectivity index (χ1v) is 4.63. The lowest BCUT2D eigenvalue weighted by Gasteiger charge is -1.95. The van der Waals surface area contributed by atoms with Crippen molar-refractivity contribution >= 4 is 5.97 Å². The number of methoxy groups -OCH3 is 1. The number of hydrogen-bond acceptors (Lipinski definition) is 4. The van der Waals surface area contributed by atoms with E-state index < -0.39 is 23.3 Å². The van der Waals surface area contributed by atoms with Gasteiger partial charge < -0.3 is 9.26 Å². The van der Waals surface area contributed by atoms with E-state index in [9.17, 15) is 13.6 Å². The SMILES string of the molecule is COC(=O)c1noc(-c2ccc(F)cc2)c1F. The van der Waals surface area contributed by atoms with Crippen molar-refractivity contribution in [2.45, 2.75) is 0 Å². The van der Waals surface area contributed by atoms with E-state index in [4.69, 9.17) is 4.52 Å². The van der Waals surface area contributed by atoms with Crippen LogP contribution in [0, 0.1) is 11.6 Å². The molecule has 0 aliphatic rings. The smallest absolute Gasteiger partial charge is 0.363 e. The average Bonchev–Trinajstić information content (AvgIpc) is 2.71. The van der Waals surface area contributed by atoms with Crippen LogP contribution >= 0.6 is 0 Å². The number of nitrogens with zero attached hydrogens (tertiary/aromatic N) is 1. The van der Waals surface area contributed by atoms with E-state index in [2.05, 4.69) is 9.89 Å². The van der Waals surface area contributed by atoms with Crippen LogP contribution in [0.1, 0.15) is 10.5 Å². The lowest BCUT2D eigenvalue weighted by atomic mass is 10.1. The van der Waals surface area contributed by atoms with Crippen LogP contribution in [0.4, 0.5) is 8.78 Å². The fourth-order valence-corrected chi connectivity index (χ4v) is 1.28. The fraction of sp³-hybridized carbons (Fsp3) is 0.0909. The molecule has 88 valence electrons. The summed E-state index contributed by atoms with van der Waals surface area (Å²) in [5.41, 5.74) is -0.252. The Morgan fingerprint density at radius 2 is 1.94 bits per heavy atom.